The first-order valence-electron chi connectivity index (χ1n) is 6.35. The van der Waals surface area contributed by atoms with Crippen molar-refractivity contribution in [3.8, 4) is 0 Å². The molecule has 0 saturated carbocycles. The molecule has 4 nitrogen and oxygen atoms in total. The number of rotatable bonds is 2. The van der Waals surface area contributed by atoms with Crippen molar-refractivity contribution >= 4 is 0 Å². The third kappa shape index (κ3) is 2.69. The summed E-state index contributed by atoms with van der Waals surface area (Å²) in [6, 6.07) is 0.328. The smallest absolute Gasteiger partial charge is 0.0638 e. The van der Waals surface area contributed by atoms with E-state index in [4.69, 9.17) is 5.73 Å². The Morgan fingerprint density at radius 3 is 2.76 bits per heavy atom. The molecule has 2 rings (SSSR count). The van der Waals surface area contributed by atoms with Crippen LogP contribution in [0.25, 0.3) is 0 Å². The highest BCUT2D eigenvalue weighted by atomic mass is 15.3. The predicted molar refractivity (Wildman–Crippen MR) is 69.6 cm³/mol. The van der Waals surface area contributed by atoms with Crippen molar-refractivity contribution in [3.05, 3.63) is 17.5 Å². The van der Waals surface area contributed by atoms with E-state index in [-0.39, 0.29) is 5.41 Å². The van der Waals surface area contributed by atoms with Crippen molar-refractivity contribution in [2.75, 3.05) is 13.1 Å². The van der Waals surface area contributed by atoms with Crippen LogP contribution in [0.1, 0.15) is 31.5 Å². The SMILES string of the molecule is Cc1nn(C)cc1CN1CCC(N)C(C)(C)C1. The Kier molecular flexibility index (Phi) is 3.27. The van der Waals surface area contributed by atoms with E-state index in [0.29, 0.717) is 6.04 Å². The fourth-order valence-electron chi connectivity index (χ4n) is 2.66. The van der Waals surface area contributed by atoms with Crippen molar-refractivity contribution in [3.63, 3.8) is 0 Å². The van der Waals surface area contributed by atoms with Crippen LogP contribution in [-0.4, -0.2) is 33.8 Å². The van der Waals surface area contributed by atoms with E-state index in [1.54, 1.807) is 0 Å². The first kappa shape index (κ1) is 12.6. The number of piperidine rings is 1. The molecule has 1 fully saturated rings. The summed E-state index contributed by atoms with van der Waals surface area (Å²) in [6.07, 6.45) is 3.21. The molecule has 0 aliphatic carbocycles. The first-order valence-corrected chi connectivity index (χ1v) is 6.35. The molecular weight excluding hydrogens is 212 g/mol. The maximum Gasteiger partial charge on any atom is 0.0638 e. The van der Waals surface area contributed by atoms with Gasteiger partial charge in [-0.3, -0.25) is 9.58 Å². The average molecular weight is 236 g/mol. The molecule has 1 aliphatic heterocycles. The van der Waals surface area contributed by atoms with Crippen molar-refractivity contribution in [1.29, 1.82) is 0 Å². The molecule has 1 unspecified atom stereocenters. The van der Waals surface area contributed by atoms with Gasteiger partial charge in [0.15, 0.2) is 0 Å². The Morgan fingerprint density at radius 2 is 2.24 bits per heavy atom. The second kappa shape index (κ2) is 4.42. The number of hydrogen-bond donors (Lipinski definition) is 1. The van der Waals surface area contributed by atoms with E-state index in [2.05, 4.69) is 37.0 Å². The Morgan fingerprint density at radius 1 is 1.53 bits per heavy atom. The van der Waals surface area contributed by atoms with Crippen LogP contribution in [0.3, 0.4) is 0 Å². The molecule has 1 aromatic heterocycles. The third-order valence-corrected chi connectivity index (χ3v) is 3.90. The molecule has 1 aromatic rings. The minimum Gasteiger partial charge on any atom is -0.327 e. The van der Waals surface area contributed by atoms with E-state index >= 15 is 0 Å². The van der Waals surface area contributed by atoms with Gasteiger partial charge >= 0.3 is 0 Å². The van der Waals surface area contributed by atoms with Gasteiger partial charge in [-0.25, -0.2) is 0 Å². The number of nitrogens with zero attached hydrogens (tertiary/aromatic N) is 3. The Bertz CT molecular complexity index is 394. The van der Waals surface area contributed by atoms with Gasteiger partial charge < -0.3 is 5.73 Å². The number of nitrogens with two attached hydrogens (primary N) is 1. The zero-order chi connectivity index (χ0) is 12.6. The van der Waals surface area contributed by atoms with Crippen LogP contribution in [-0.2, 0) is 13.6 Å². The Balaban J connectivity index is 2.03. The lowest BCUT2D eigenvalue weighted by atomic mass is 9.79. The molecule has 0 amide bonds. The molecule has 4 heteroatoms. The monoisotopic (exact) mass is 236 g/mol. The predicted octanol–water partition coefficient (Wildman–Crippen LogP) is 1.29. The van der Waals surface area contributed by atoms with Gasteiger partial charge in [-0.05, 0) is 18.8 Å². The molecule has 1 saturated heterocycles. The minimum absolute atomic E-state index is 0.217. The highest BCUT2D eigenvalue weighted by Gasteiger charge is 2.33. The van der Waals surface area contributed by atoms with E-state index in [1.165, 1.54) is 5.56 Å². The summed E-state index contributed by atoms with van der Waals surface area (Å²) in [5, 5.41) is 4.39. The summed E-state index contributed by atoms with van der Waals surface area (Å²) in [7, 11) is 1.98. The normalized spacial score (nSPS) is 25.1. The van der Waals surface area contributed by atoms with Crippen molar-refractivity contribution < 1.29 is 0 Å². The van der Waals surface area contributed by atoms with E-state index < -0.39 is 0 Å². The summed E-state index contributed by atoms with van der Waals surface area (Å²) in [5.74, 6) is 0. The van der Waals surface area contributed by atoms with Crippen LogP contribution in [0.5, 0.6) is 0 Å². The maximum absolute atomic E-state index is 6.16. The Labute approximate surface area is 104 Å². The van der Waals surface area contributed by atoms with Gasteiger partial charge in [0.1, 0.15) is 0 Å². The summed E-state index contributed by atoms with van der Waals surface area (Å²) in [4.78, 5) is 2.49. The molecule has 1 atom stereocenters. The number of hydrogen-bond acceptors (Lipinski definition) is 3. The van der Waals surface area contributed by atoms with Gasteiger partial charge in [-0.2, -0.15) is 5.10 Å². The molecule has 0 spiro atoms. The standard InChI is InChI=1S/C13H24N4/c1-10-11(7-16(4)15-10)8-17-6-5-12(14)13(2,3)9-17/h7,12H,5-6,8-9,14H2,1-4H3. The molecule has 0 radical (unpaired) electrons. The fraction of sp³-hybridized carbons (Fsp3) is 0.769. The van der Waals surface area contributed by atoms with Crippen LogP contribution in [0.2, 0.25) is 0 Å². The molecule has 96 valence electrons. The van der Waals surface area contributed by atoms with E-state index in [1.807, 2.05) is 11.7 Å². The lowest BCUT2D eigenvalue weighted by Gasteiger charge is -2.42. The summed E-state index contributed by atoms with van der Waals surface area (Å²) >= 11 is 0. The second-order valence-electron chi connectivity index (χ2n) is 6.01. The fourth-order valence-corrected chi connectivity index (χ4v) is 2.66. The van der Waals surface area contributed by atoms with Crippen LogP contribution >= 0.6 is 0 Å². The van der Waals surface area contributed by atoms with Gasteiger partial charge in [-0.1, -0.05) is 13.8 Å². The zero-order valence-corrected chi connectivity index (χ0v) is 11.4. The van der Waals surface area contributed by atoms with Crippen LogP contribution in [0.4, 0.5) is 0 Å². The highest BCUT2D eigenvalue weighted by Crippen LogP contribution is 2.28. The Hall–Kier alpha value is -0.870. The number of likely N-dealkylation sites (tertiary alicyclic amines) is 1. The zero-order valence-electron chi connectivity index (χ0n) is 11.4. The lowest BCUT2D eigenvalue weighted by Crippen LogP contribution is -2.52. The van der Waals surface area contributed by atoms with Crippen LogP contribution in [0.15, 0.2) is 6.20 Å². The minimum atomic E-state index is 0.217. The molecule has 0 bridgehead atoms. The van der Waals surface area contributed by atoms with Crippen LogP contribution in [0, 0.1) is 12.3 Å². The van der Waals surface area contributed by atoms with Gasteiger partial charge in [0, 0.05) is 44.5 Å². The summed E-state index contributed by atoms with van der Waals surface area (Å²) in [5.41, 5.74) is 8.85. The lowest BCUT2D eigenvalue weighted by molar-refractivity contribution is 0.0897. The van der Waals surface area contributed by atoms with Crippen molar-refractivity contribution in [1.82, 2.24) is 14.7 Å². The van der Waals surface area contributed by atoms with Crippen molar-refractivity contribution in [2.45, 2.75) is 39.8 Å². The molecule has 17 heavy (non-hydrogen) atoms. The second-order valence-corrected chi connectivity index (χ2v) is 6.01. The van der Waals surface area contributed by atoms with E-state index in [0.717, 1.165) is 31.7 Å². The van der Waals surface area contributed by atoms with Crippen molar-refractivity contribution in [2.24, 2.45) is 18.2 Å². The van der Waals surface area contributed by atoms with Gasteiger partial charge in [0.05, 0.1) is 5.69 Å². The number of aromatic nitrogens is 2. The first-order chi connectivity index (χ1) is 7.88. The van der Waals surface area contributed by atoms with Gasteiger partial charge in [-0.15, -0.1) is 0 Å². The quantitative estimate of drug-likeness (QED) is 0.841. The highest BCUT2D eigenvalue weighted by molar-refractivity contribution is 5.15. The summed E-state index contributed by atoms with van der Waals surface area (Å²) in [6.45, 7) is 9.77. The van der Waals surface area contributed by atoms with Gasteiger partial charge in [0.25, 0.3) is 0 Å². The third-order valence-electron chi connectivity index (χ3n) is 3.90. The number of aryl methyl sites for hydroxylation is 2. The molecule has 1 aliphatic rings. The molecule has 2 heterocycles. The summed E-state index contributed by atoms with van der Waals surface area (Å²) < 4.78 is 1.89. The largest absolute Gasteiger partial charge is 0.327 e. The van der Waals surface area contributed by atoms with Crippen LogP contribution < -0.4 is 5.73 Å². The molecule has 2 N–H and O–H groups in total. The molecule has 0 aromatic carbocycles. The average Bonchev–Trinajstić information content (AvgIpc) is 2.51. The topological polar surface area (TPSA) is 47.1 Å². The van der Waals surface area contributed by atoms with E-state index in [9.17, 15) is 0 Å². The maximum atomic E-state index is 6.16. The van der Waals surface area contributed by atoms with Gasteiger partial charge in [0.2, 0.25) is 0 Å². The molecular formula is C13H24N4.